The van der Waals surface area contributed by atoms with E-state index in [1.807, 2.05) is 83.1 Å². The van der Waals surface area contributed by atoms with Crippen molar-refractivity contribution in [1.82, 2.24) is 15.5 Å². The first-order valence-electron chi connectivity index (χ1n) is 13.5. The zero-order chi connectivity index (χ0) is 30.3. The van der Waals surface area contributed by atoms with Crippen LogP contribution in [0, 0.1) is 13.8 Å². The molecule has 2 rings (SSSR count). The molecule has 0 aliphatic heterocycles. The number of aryl methyl sites for hydroxylation is 2. The van der Waals surface area contributed by atoms with Gasteiger partial charge >= 0.3 is 6.09 Å². The lowest BCUT2D eigenvalue weighted by Gasteiger charge is -2.43. The van der Waals surface area contributed by atoms with Crippen LogP contribution in [0.4, 0.5) is 4.79 Å². The highest BCUT2D eigenvalue weighted by atomic mass is 16.6. The van der Waals surface area contributed by atoms with Crippen LogP contribution in [0.2, 0.25) is 0 Å². The van der Waals surface area contributed by atoms with Crippen molar-refractivity contribution < 1.29 is 23.9 Å². The minimum absolute atomic E-state index is 0.0505. The number of hydrogen-bond acceptors (Lipinski definition) is 5. The number of primary amides is 1. The maximum absolute atomic E-state index is 14.3. The number of nitrogens with one attached hydrogen (secondary N) is 2. The Kier molecular flexibility index (Phi) is 10.9. The molecule has 9 nitrogen and oxygen atoms in total. The van der Waals surface area contributed by atoms with Crippen LogP contribution < -0.4 is 16.4 Å². The number of nitrogens with two attached hydrogens (primary N) is 1. The summed E-state index contributed by atoms with van der Waals surface area (Å²) in [6.07, 6.45) is -0.995. The van der Waals surface area contributed by atoms with Crippen LogP contribution in [0.25, 0.3) is 0 Å². The summed E-state index contributed by atoms with van der Waals surface area (Å²) in [5, 5.41) is 5.61. The van der Waals surface area contributed by atoms with Crippen molar-refractivity contribution in [2.45, 2.75) is 98.0 Å². The van der Waals surface area contributed by atoms with Gasteiger partial charge < -0.3 is 26.0 Å². The predicted molar refractivity (Wildman–Crippen MR) is 155 cm³/mol. The van der Waals surface area contributed by atoms with Crippen molar-refractivity contribution in [2.75, 3.05) is 0 Å². The summed E-state index contributed by atoms with van der Waals surface area (Å²) in [4.78, 5) is 54.2. The van der Waals surface area contributed by atoms with E-state index in [4.69, 9.17) is 10.5 Å². The molecule has 2 aromatic rings. The highest BCUT2D eigenvalue weighted by Gasteiger charge is 2.42. The Morgan fingerprint density at radius 2 is 1.57 bits per heavy atom. The van der Waals surface area contributed by atoms with Crippen LogP contribution in [0.3, 0.4) is 0 Å². The van der Waals surface area contributed by atoms with Crippen molar-refractivity contribution in [3.05, 3.63) is 70.8 Å². The van der Waals surface area contributed by atoms with Gasteiger partial charge in [0.2, 0.25) is 17.7 Å². The molecule has 0 saturated heterocycles. The van der Waals surface area contributed by atoms with Crippen LogP contribution in [-0.4, -0.2) is 45.9 Å². The van der Waals surface area contributed by atoms with Crippen LogP contribution in [0.15, 0.2) is 48.5 Å². The molecule has 0 spiro atoms. The molecule has 0 aliphatic carbocycles. The quantitative estimate of drug-likeness (QED) is 0.401. The van der Waals surface area contributed by atoms with E-state index < -0.39 is 41.1 Å². The van der Waals surface area contributed by atoms with Gasteiger partial charge in [-0.2, -0.15) is 0 Å². The SMILES string of the molecule is Cc1ccc(C)c(C(C(=O)NCc2ccccc2)N(C(=O)C(CCC(N)=O)NC(=O)OC(C)(C)C)C(C)(C)C)c1. The average Bonchev–Trinajstić information content (AvgIpc) is 2.83. The summed E-state index contributed by atoms with van der Waals surface area (Å²) in [5.41, 5.74) is 7.08. The number of hydrogen-bond donors (Lipinski definition) is 3. The summed E-state index contributed by atoms with van der Waals surface area (Å²) in [6, 6.07) is 13.1. The fourth-order valence-electron chi connectivity index (χ4n) is 4.34. The maximum atomic E-state index is 14.3. The Morgan fingerprint density at radius 3 is 2.12 bits per heavy atom. The summed E-state index contributed by atoms with van der Waals surface area (Å²) < 4.78 is 5.39. The lowest BCUT2D eigenvalue weighted by atomic mass is 9.91. The molecule has 2 unspecified atom stereocenters. The first-order valence-corrected chi connectivity index (χ1v) is 13.5. The number of amides is 4. The molecule has 2 atom stereocenters. The van der Waals surface area contributed by atoms with Crippen LogP contribution >= 0.6 is 0 Å². The molecule has 0 aromatic heterocycles. The fourth-order valence-corrected chi connectivity index (χ4v) is 4.34. The van der Waals surface area contributed by atoms with Gasteiger partial charge in [0.05, 0.1) is 0 Å². The molecule has 4 N–H and O–H groups in total. The molecule has 0 fully saturated rings. The Labute approximate surface area is 237 Å². The zero-order valence-corrected chi connectivity index (χ0v) is 25.0. The topological polar surface area (TPSA) is 131 Å². The third kappa shape index (κ3) is 9.70. The van der Waals surface area contributed by atoms with Crippen molar-refractivity contribution in [3.8, 4) is 0 Å². The lowest BCUT2D eigenvalue weighted by molar-refractivity contribution is -0.148. The highest BCUT2D eigenvalue weighted by molar-refractivity contribution is 5.93. The summed E-state index contributed by atoms with van der Waals surface area (Å²) in [6.45, 7) is 14.7. The number of carbonyl (C=O) groups excluding carboxylic acids is 4. The number of benzene rings is 2. The van der Waals surface area contributed by atoms with Gasteiger partial charge in [0.25, 0.3) is 0 Å². The summed E-state index contributed by atoms with van der Waals surface area (Å²) in [5.74, 6) is -1.51. The molecule has 0 bridgehead atoms. The van der Waals surface area contributed by atoms with E-state index in [2.05, 4.69) is 10.6 Å². The van der Waals surface area contributed by atoms with Gasteiger partial charge in [0, 0.05) is 18.5 Å². The first kappa shape index (κ1) is 32.3. The number of rotatable bonds is 10. The smallest absolute Gasteiger partial charge is 0.408 e. The predicted octanol–water partition coefficient (Wildman–Crippen LogP) is 4.45. The van der Waals surface area contributed by atoms with Crippen LogP contribution in [0.5, 0.6) is 0 Å². The highest BCUT2D eigenvalue weighted by Crippen LogP contribution is 2.33. The van der Waals surface area contributed by atoms with Crippen molar-refractivity contribution in [2.24, 2.45) is 5.73 Å². The van der Waals surface area contributed by atoms with E-state index >= 15 is 0 Å². The lowest BCUT2D eigenvalue weighted by Crippen LogP contribution is -2.58. The Bertz CT molecular complexity index is 1200. The zero-order valence-electron chi connectivity index (χ0n) is 25.0. The first-order chi connectivity index (χ1) is 18.5. The Morgan fingerprint density at radius 1 is 0.950 bits per heavy atom. The minimum atomic E-state index is -1.16. The second-order valence-electron chi connectivity index (χ2n) is 12.0. The van der Waals surface area contributed by atoms with E-state index in [1.165, 1.54) is 4.90 Å². The molecular formula is C31H44N4O5. The van der Waals surface area contributed by atoms with Crippen LogP contribution in [-0.2, 0) is 25.7 Å². The number of nitrogens with zero attached hydrogens (tertiary/aromatic N) is 1. The standard InChI is InChI=1S/C31H44N4O5/c1-20-14-15-21(2)23(18-20)26(27(37)33-19-22-12-10-9-11-13-22)35(30(3,4)5)28(38)24(16-17-25(32)36)34-29(39)40-31(6,7)8/h9-15,18,24,26H,16-17,19H2,1-8H3,(H2,32,36)(H,33,37)(H,34,39). The van der Waals surface area contributed by atoms with E-state index in [1.54, 1.807) is 20.8 Å². The van der Waals surface area contributed by atoms with Gasteiger partial charge in [-0.1, -0.05) is 54.1 Å². The third-order valence-electron chi connectivity index (χ3n) is 6.17. The van der Waals surface area contributed by atoms with Gasteiger partial charge in [0.15, 0.2) is 0 Å². The maximum Gasteiger partial charge on any atom is 0.408 e. The Hall–Kier alpha value is -3.88. The van der Waals surface area contributed by atoms with E-state index in [0.717, 1.165) is 16.7 Å². The molecule has 0 radical (unpaired) electrons. The normalized spacial score (nSPS) is 13.1. The molecule has 0 saturated carbocycles. The molecule has 218 valence electrons. The summed E-state index contributed by atoms with van der Waals surface area (Å²) >= 11 is 0. The van der Waals surface area contributed by atoms with Gasteiger partial charge in [-0.05, 0) is 78.5 Å². The van der Waals surface area contributed by atoms with Gasteiger partial charge in [-0.25, -0.2) is 4.79 Å². The van der Waals surface area contributed by atoms with E-state index in [-0.39, 0.29) is 25.3 Å². The van der Waals surface area contributed by atoms with Crippen molar-refractivity contribution >= 4 is 23.8 Å². The number of ether oxygens (including phenoxy) is 1. The monoisotopic (exact) mass is 552 g/mol. The second-order valence-corrected chi connectivity index (χ2v) is 12.0. The largest absolute Gasteiger partial charge is 0.444 e. The molecule has 0 heterocycles. The van der Waals surface area contributed by atoms with Gasteiger partial charge in [-0.3, -0.25) is 14.4 Å². The van der Waals surface area contributed by atoms with Crippen molar-refractivity contribution in [1.29, 1.82) is 0 Å². The third-order valence-corrected chi connectivity index (χ3v) is 6.17. The molecule has 9 heteroatoms. The molecule has 0 aliphatic rings. The Balaban J connectivity index is 2.58. The average molecular weight is 553 g/mol. The molecule has 40 heavy (non-hydrogen) atoms. The number of carbonyl (C=O) groups is 4. The molecule has 2 aromatic carbocycles. The number of alkyl carbamates (subject to hydrolysis) is 1. The summed E-state index contributed by atoms with van der Waals surface area (Å²) in [7, 11) is 0. The molecule has 4 amide bonds. The molecular weight excluding hydrogens is 508 g/mol. The van der Waals surface area contributed by atoms with Crippen molar-refractivity contribution in [3.63, 3.8) is 0 Å². The van der Waals surface area contributed by atoms with Gasteiger partial charge in [-0.15, -0.1) is 0 Å². The van der Waals surface area contributed by atoms with Gasteiger partial charge in [0.1, 0.15) is 17.7 Å². The van der Waals surface area contributed by atoms with E-state index in [0.29, 0.717) is 5.56 Å². The minimum Gasteiger partial charge on any atom is -0.444 e. The fraction of sp³-hybridized carbons (Fsp3) is 0.484. The van der Waals surface area contributed by atoms with Crippen LogP contribution in [0.1, 0.15) is 82.7 Å². The second kappa shape index (κ2) is 13.5. The van der Waals surface area contributed by atoms with E-state index in [9.17, 15) is 19.2 Å².